The standard InChI is InChI=1S/C12H7Br2NO3/c13-7-5-9(14)11(15-6-7)18-10-4-2-1-3-8(10)12(16)17/h1-6H,(H,16,17). The van der Waals surface area contributed by atoms with Gasteiger partial charge in [0.05, 0.1) is 4.47 Å². The highest BCUT2D eigenvalue weighted by Gasteiger charge is 2.13. The van der Waals surface area contributed by atoms with Gasteiger partial charge >= 0.3 is 5.97 Å². The monoisotopic (exact) mass is 371 g/mol. The molecule has 0 saturated carbocycles. The Morgan fingerprint density at radius 3 is 2.67 bits per heavy atom. The molecule has 6 heteroatoms. The van der Waals surface area contributed by atoms with Crippen molar-refractivity contribution < 1.29 is 14.6 Å². The third-order valence-corrected chi connectivity index (χ3v) is 3.10. The summed E-state index contributed by atoms with van der Waals surface area (Å²) in [7, 11) is 0. The van der Waals surface area contributed by atoms with Crippen molar-refractivity contribution in [1.82, 2.24) is 4.98 Å². The van der Waals surface area contributed by atoms with Crippen LogP contribution < -0.4 is 4.74 Å². The normalized spacial score (nSPS) is 10.1. The molecule has 2 aromatic rings. The first-order valence-electron chi connectivity index (χ1n) is 4.89. The molecule has 4 nitrogen and oxygen atoms in total. The zero-order valence-electron chi connectivity index (χ0n) is 8.93. The summed E-state index contributed by atoms with van der Waals surface area (Å²) >= 11 is 6.58. The number of hydrogen-bond donors (Lipinski definition) is 1. The third-order valence-electron chi connectivity index (χ3n) is 2.10. The lowest BCUT2D eigenvalue weighted by Crippen LogP contribution is -2.00. The molecule has 0 aliphatic carbocycles. The van der Waals surface area contributed by atoms with E-state index in [0.29, 0.717) is 10.4 Å². The third kappa shape index (κ3) is 2.88. The van der Waals surface area contributed by atoms with Crippen molar-refractivity contribution in [3.8, 4) is 11.6 Å². The van der Waals surface area contributed by atoms with Gasteiger partial charge in [-0.3, -0.25) is 0 Å². The molecule has 0 unspecified atom stereocenters. The molecule has 0 bridgehead atoms. The van der Waals surface area contributed by atoms with Gasteiger partial charge in [-0.2, -0.15) is 0 Å². The Morgan fingerprint density at radius 2 is 2.00 bits per heavy atom. The van der Waals surface area contributed by atoms with Gasteiger partial charge in [0.25, 0.3) is 0 Å². The molecule has 18 heavy (non-hydrogen) atoms. The van der Waals surface area contributed by atoms with Gasteiger partial charge < -0.3 is 9.84 Å². The maximum atomic E-state index is 11.0. The molecule has 0 aliphatic heterocycles. The van der Waals surface area contributed by atoms with Crippen LogP contribution in [0.1, 0.15) is 10.4 Å². The van der Waals surface area contributed by atoms with Crippen LogP contribution in [0.3, 0.4) is 0 Å². The van der Waals surface area contributed by atoms with Crippen LogP contribution in [0.4, 0.5) is 0 Å². The van der Waals surface area contributed by atoms with Crippen LogP contribution in [0.15, 0.2) is 45.5 Å². The fraction of sp³-hybridized carbons (Fsp3) is 0. The van der Waals surface area contributed by atoms with E-state index in [-0.39, 0.29) is 11.3 Å². The molecule has 0 saturated heterocycles. The van der Waals surface area contributed by atoms with Gasteiger partial charge in [-0.15, -0.1) is 0 Å². The van der Waals surface area contributed by atoms with E-state index in [1.54, 1.807) is 30.5 Å². The zero-order valence-corrected chi connectivity index (χ0v) is 12.1. The summed E-state index contributed by atoms with van der Waals surface area (Å²) in [5.41, 5.74) is 0.0918. The van der Waals surface area contributed by atoms with Crippen molar-refractivity contribution in [2.24, 2.45) is 0 Å². The summed E-state index contributed by atoms with van der Waals surface area (Å²) in [5.74, 6) is -0.480. The number of carboxylic acids is 1. The molecular formula is C12H7Br2NO3. The second-order valence-corrected chi connectivity index (χ2v) is 5.11. The van der Waals surface area contributed by atoms with Crippen molar-refractivity contribution in [2.75, 3.05) is 0 Å². The number of hydrogen-bond acceptors (Lipinski definition) is 3. The number of pyridine rings is 1. The number of aromatic nitrogens is 1. The highest BCUT2D eigenvalue weighted by molar-refractivity contribution is 9.11. The minimum absolute atomic E-state index is 0.0918. The lowest BCUT2D eigenvalue weighted by atomic mass is 10.2. The first-order chi connectivity index (χ1) is 8.58. The molecule has 1 aromatic heterocycles. The number of ether oxygens (including phenoxy) is 1. The van der Waals surface area contributed by atoms with Crippen LogP contribution in [-0.4, -0.2) is 16.1 Å². The lowest BCUT2D eigenvalue weighted by molar-refractivity contribution is 0.0694. The molecular weight excluding hydrogens is 366 g/mol. The first-order valence-corrected chi connectivity index (χ1v) is 6.48. The Bertz CT molecular complexity index is 602. The fourth-order valence-corrected chi connectivity index (χ4v) is 2.38. The van der Waals surface area contributed by atoms with Crippen molar-refractivity contribution in [1.29, 1.82) is 0 Å². The number of nitrogens with zero attached hydrogens (tertiary/aromatic N) is 1. The maximum absolute atomic E-state index is 11.0. The Morgan fingerprint density at radius 1 is 1.28 bits per heavy atom. The molecule has 1 aromatic carbocycles. The number of carboxylic acid groups (broad SMARTS) is 1. The Hall–Kier alpha value is -1.40. The smallest absolute Gasteiger partial charge is 0.339 e. The van der Waals surface area contributed by atoms with E-state index in [9.17, 15) is 4.79 Å². The number of aromatic carboxylic acids is 1. The second-order valence-electron chi connectivity index (χ2n) is 3.34. The van der Waals surface area contributed by atoms with Crippen molar-refractivity contribution in [2.45, 2.75) is 0 Å². The minimum Gasteiger partial charge on any atom is -0.478 e. The number of rotatable bonds is 3. The predicted octanol–water partition coefficient (Wildman–Crippen LogP) is 4.10. The van der Waals surface area contributed by atoms with E-state index in [1.165, 1.54) is 6.07 Å². The van der Waals surface area contributed by atoms with Crippen molar-refractivity contribution in [3.63, 3.8) is 0 Å². The second kappa shape index (κ2) is 5.49. The van der Waals surface area contributed by atoms with E-state index in [0.717, 1.165) is 4.47 Å². The fourth-order valence-electron chi connectivity index (χ4n) is 1.31. The SMILES string of the molecule is O=C(O)c1ccccc1Oc1ncc(Br)cc1Br. The van der Waals surface area contributed by atoms with Gasteiger partial charge in [-0.1, -0.05) is 12.1 Å². The van der Waals surface area contributed by atoms with Crippen LogP contribution in [0.2, 0.25) is 0 Å². The van der Waals surface area contributed by atoms with E-state index in [4.69, 9.17) is 9.84 Å². The average Bonchev–Trinajstić information content (AvgIpc) is 2.33. The summed E-state index contributed by atoms with van der Waals surface area (Å²) < 4.78 is 6.93. The molecule has 0 spiro atoms. The summed E-state index contributed by atoms with van der Waals surface area (Å²) in [5, 5.41) is 9.04. The molecule has 1 heterocycles. The van der Waals surface area contributed by atoms with Crippen molar-refractivity contribution in [3.05, 3.63) is 51.0 Å². The van der Waals surface area contributed by atoms with Crippen LogP contribution in [0.25, 0.3) is 0 Å². The molecule has 0 aliphatic rings. The van der Waals surface area contributed by atoms with E-state index in [1.807, 2.05) is 0 Å². The summed E-state index contributed by atoms with van der Waals surface area (Å²) in [6.07, 6.45) is 1.57. The van der Waals surface area contributed by atoms with Crippen LogP contribution in [0, 0.1) is 0 Å². The summed E-state index contributed by atoms with van der Waals surface area (Å²) in [4.78, 5) is 15.1. The molecule has 0 amide bonds. The van der Waals surface area contributed by atoms with Crippen LogP contribution in [0.5, 0.6) is 11.6 Å². The van der Waals surface area contributed by atoms with E-state index < -0.39 is 5.97 Å². The highest BCUT2D eigenvalue weighted by atomic mass is 79.9. The molecule has 1 N–H and O–H groups in total. The quantitative estimate of drug-likeness (QED) is 0.881. The topological polar surface area (TPSA) is 59.4 Å². The van der Waals surface area contributed by atoms with Gasteiger partial charge in [-0.25, -0.2) is 9.78 Å². The highest BCUT2D eigenvalue weighted by Crippen LogP contribution is 2.31. The summed E-state index contributed by atoms with van der Waals surface area (Å²) in [6, 6.07) is 8.17. The van der Waals surface area contributed by atoms with Crippen LogP contribution >= 0.6 is 31.9 Å². The molecule has 2 rings (SSSR count). The van der Waals surface area contributed by atoms with E-state index >= 15 is 0 Å². The van der Waals surface area contributed by atoms with Gasteiger partial charge in [0.1, 0.15) is 11.3 Å². The Kier molecular flexibility index (Phi) is 3.98. The number of halogens is 2. The van der Waals surface area contributed by atoms with Crippen LogP contribution in [-0.2, 0) is 0 Å². The number of para-hydroxylation sites is 1. The van der Waals surface area contributed by atoms with Gasteiger partial charge in [0, 0.05) is 10.7 Å². The molecule has 0 atom stereocenters. The van der Waals surface area contributed by atoms with Gasteiger partial charge in [0.15, 0.2) is 0 Å². The maximum Gasteiger partial charge on any atom is 0.339 e. The van der Waals surface area contributed by atoms with Gasteiger partial charge in [-0.05, 0) is 50.1 Å². The van der Waals surface area contributed by atoms with Gasteiger partial charge in [0.2, 0.25) is 5.88 Å². The Labute approximate surface area is 120 Å². The van der Waals surface area contributed by atoms with Crippen molar-refractivity contribution >= 4 is 37.8 Å². The molecule has 92 valence electrons. The Balaban J connectivity index is 2.37. The largest absolute Gasteiger partial charge is 0.478 e. The average molecular weight is 373 g/mol. The number of benzene rings is 1. The van der Waals surface area contributed by atoms with E-state index in [2.05, 4.69) is 36.8 Å². The number of carbonyl (C=O) groups is 1. The zero-order chi connectivity index (χ0) is 13.1. The predicted molar refractivity (Wildman–Crippen MR) is 73.1 cm³/mol. The lowest BCUT2D eigenvalue weighted by Gasteiger charge is -2.08. The summed E-state index contributed by atoms with van der Waals surface area (Å²) in [6.45, 7) is 0. The minimum atomic E-state index is -1.04. The molecule has 0 radical (unpaired) electrons. The first kappa shape index (κ1) is 13.0. The molecule has 0 fully saturated rings.